The Morgan fingerprint density at radius 2 is 1.74 bits per heavy atom. The molecule has 0 spiro atoms. The summed E-state index contributed by atoms with van der Waals surface area (Å²) in [5, 5.41) is 0. The van der Waals surface area contributed by atoms with Crippen LogP contribution in [0.15, 0.2) is 12.1 Å². The molecule has 104 valence electrons. The van der Waals surface area contributed by atoms with Crippen LogP contribution in [0.2, 0.25) is 0 Å². The summed E-state index contributed by atoms with van der Waals surface area (Å²) in [6.07, 6.45) is 0. The lowest BCUT2D eigenvalue weighted by Crippen LogP contribution is -2.48. The minimum absolute atomic E-state index is 0.0147. The number of benzene rings is 1. The van der Waals surface area contributed by atoms with Crippen molar-refractivity contribution in [1.29, 1.82) is 0 Å². The first-order valence-corrected chi connectivity index (χ1v) is 6.21. The van der Waals surface area contributed by atoms with E-state index >= 15 is 0 Å². The maximum absolute atomic E-state index is 13.9. The number of carbonyl (C=O) groups is 1. The minimum atomic E-state index is -0.600. The van der Waals surface area contributed by atoms with Crippen LogP contribution in [0.4, 0.5) is 14.5 Å². The molecule has 0 atom stereocenters. The van der Waals surface area contributed by atoms with E-state index in [2.05, 4.69) is 0 Å². The number of carbonyl (C=O) groups excluding carboxylic acids is 1. The number of hydrogen-bond acceptors (Lipinski definition) is 3. The van der Waals surface area contributed by atoms with Crippen molar-refractivity contribution >= 4 is 11.6 Å². The van der Waals surface area contributed by atoms with E-state index in [1.54, 1.807) is 9.80 Å². The van der Waals surface area contributed by atoms with E-state index < -0.39 is 11.6 Å². The van der Waals surface area contributed by atoms with Crippen LogP contribution in [0.5, 0.6) is 0 Å². The molecule has 0 aromatic heterocycles. The Bertz CT molecular complexity index is 462. The molecule has 0 radical (unpaired) electrons. The minimum Gasteiger partial charge on any atom is -0.363 e. The first kappa shape index (κ1) is 13.7. The lowest BCUT2D eigenvalue weighted by atomic mass is 10.1. The zero-order valence-corrected chi connectivity index (χ0v) is 10.8. The monoisotopic (exact) mass is 269 g/mol. The van der Waals surface area contributed by atoms with E-state index in [0.717, 1.165) is 0 Å². The quantitative estimate of drug-likeness (QED) is 0.874. The molecule has 2 rings (SSSR count). The summed E-state index contributed by atoms with van der Waals surface area (Å²) in [6.45, 7) is 3.41. The highest BCUT2D eigenvalue weighted by Gasteiger charge is 2.23. The predicted molar refractivity (Wildman–Crippen MR) is 68.7 cm³/mol. The second-order valence-electron chi connectivity index (χ2n) is 4.61. The molecule has 1 aromatic rings. The van der Waals surface area contributed by atoms with Crippen molar-refractivity contribution in [3.8, 4) is 0 Å². The van der Waals surface area contributed by atoms with Crippen molar-refractivity contribution in [3.63, 3.8) is 0 Å². The molecule has 1 aliphatic heterocycles. The standard InChI is InChI=1S/C13H17F2N3O/c1-9(19)17-2-4-18(5-3-17)13-11(14)6-10(8-16)7-12(13)15/h6-7H,2-5,8,16H2,1H3. The average Bonchev–Trinajstić information content (AvgIpc) is 2.38. The molecule has 0 bridgehead atoms. The summed E-state index contributed by atoms with van der Waals surface area (Å²) in [6, 6.07) is 2.52. The van der Waals surface area contributed by atoms with Gasteiger partial charge in [-0.3, -0.25) is 4.79 Å². The molecule has 1 amide bonds. The molecule has 19 heavy (non-hydrogen) atoms. The molecule has 4 nitrogen and oxygen atoms in total. The van der Waals surface area contributed by atoms with Gasteiger partial charge >= 0.3 is 0 Å². The van der Waals surface area contributed by atoms with Crippen LogP contribution in [0, 0.1) is 11.6 Å². The van der Waals surface area contributed by atoms with Crippen molar-refractivity contribution in [1.82, 2.24) is 4.90 Å². The van der Waals surface area contributed by atoms with Crippen molar-refractivity contribution in [3.05, 3.63) is 29.3 Å². The maximum atomic E-state index is 13.9. The first-order valence-electron chi connectivity index (χ1n) is 6.21. The molecule has 1 fully saturated rings. The SMILES string of the molecule is CC(=O)N1CCN(c2c(F)cc(CN)cc2F)CC1. The van der Waals surface area contributed by atoms with Gasteiger partial charge in [0.25, 0.3) is 0 Å². The highest BCUT2D eigenvalue weighted by molar-refractivity contribution is 5.73. The van der Waals surface area contributed by atoms with Crippen molar-refractivity contribution in [2.75, 3.05) is 31.1 Å². The predicted octanol–water partition coefficient (Wildman–Crippen LogP) is 1.09. The van der Waals surface area contributed by atoms with Gasteiger partial charge in [0.1, 0.15) is 17.3 Å². The van der Waals surface area contributed by atoms with Crippen LogP contribution in [0.3, 0.4) is 0 Å². The number of nitrogens with two attached hydrogens (primary N) is 1. The lowest BCUT2D eigenvalue weighted by molar-refractivity contribution is -0.129. The largest absolute Gasteiger partial charge is 0.363 e. The molecule has 1 aromatic carbocycles. The highest BCUT2D eigenvalue weighted by atomic mass is 19.1. The topological polar surface area (TPSA) is 49.6 Å². The van der Waals surface area contributed by atoms with Gasteiger partial charge in [-0.05, 0) is 17.7 Å². The second kappa shape index (κ2) is 5.52. The summed E-state index contributed by atoms with van der Waals surface area (Å²) in [7, 11) is 0. The Morgan fingerprint density at radius 1 is 1.21 bits per heavy atom. The number of nitrogens with zero attached hydrogens (tertiary/aromatic N) is 2. The zero-order chi connectivity index (χ0) is 14.0. The average molecular weight is 269 g/mol. The number of piperazine rings is 1. The van der Waals surface area contributed by atoms with Gasteiger partial charge in [0.2, 0.25) is 5.91 Å². The van der Waals surface area contributed by atoms with Crippen molar-refractivity contribution in [2.45, 2.75) is 13.5 Å². The van der Waals surface area contributed by atoms with Gasteiger partial charge in [-0.2, -0.15) is 0 Å². The number of halogens is 2. The van der Waals surface area contributed by atoms with Crippen LogP contribution < -0.4 is 10.6 Å². The highest BCUT2D eigenvalue weighted by Crippen LogP contribution is 2.26. The Hall–Kier alpha value is -1.69. The fraction of sp³-hybridized carbons (Fsp3) is 0.462. The molecule has 1 aliphatic rings. The number of anilines is 1. The second-order valence-corrected chi connectivity index (χ2v) is 4.61. The summed E-state index contributed by atoms with van der Waals surface area (Å²) in [5.41, 5.74) is 5.78. The zero-order valence-electron chi connectivity index (χ0n) is 10.8. The molecule has 6 heteroatoms. The Balaban J connectivity index is 2.18. The summed E-state index contributed by atoms with van der Waals surface area (Å²) < 4.78 is 27.8. The summed E-state index contributed by atoms with van der Waals surface area (Å²) in [5.74, 6) is -1.22. The molecule has 0 unspecified atom stereocenters. The van der Waals surface area contributed by atoms with Gasteiger partial charge in [-0.15, -0.1) is 0 Å². The number of amides is 1. The van der Waals surface area contributed by atoms with E-state index in [-0.39, 0.29) is 18.1 Å². The number of hydrogen-bond donors (Lipinski definition) is 1. The van der Waals surface area contributed by atoms with E-state index in [9.17, 15) is 13.6 Å². The van der Waals surface area contributed by atoms with E-state index in [4.69, 9.17) is 5.73 Å². The van der Waals surface area contributed by atoms with Gasteiger partial charge in [-0.1, -0.05) is 0 Å². The van der Waals surface area contributed by atoms with Gasteiger partial charge in [0.05, 0.1) is 0 Å². The molecule has 0 saturated carbocycles. The molecular formula is C13H17F2N3O. The molecule has 1 heterocycles. The fourth-order valence-corrected chi connectivity index (χ4v) is 2.28. The van der Waals surface area contributed by atoms with E-state index in [1.807, 2.05) is 0 Å². The summed E-state index contributed by atoms with van der Waals surface area (Å²) >= 11 is 0. The van der Waals surface area contributed by atoms with Crippen LogP contribution in [0.25, 0.3) is 0 Å². The molecule has 1 saturated heterocycles. The molecular weight excluding hydrogens is 252 g/mol. The number of rotatable bonds is 2. The van der Waals surface area contributed by atoms with Crippen LogP contribution in [-0.4, -0.2) is 37.0 Å². The van der Waals surface area contributed by atoms with Gasteiger partial charge < -0.3 is 15.5 Å². The Morgan fingerprint density at radius 3 is 2.16 bits per heavy atom. The lowest BCUT2D eigenvalue weighted by Gasteiger charge is -2.35. The van der Waals surface area contributed by atoms with Crippen molar-refractivity contribution < 1.29 is 13.6 Å². The van der Waals surface area contributed by atoms with Gasteiger partial charge in [-0.25, -0.2) is 8.78 Å². The van der Waals surface area contributed by atoms with Crippen LogP contribution in [0.1, 0.15) is 12.5 Å². The smallest absolute Gasteiger partial charge is 0.219 e. The van der Waals surface area contributed by atoms with Gasteiger partial charge in [0.15, 0.2) is 0 Å². The van der Waals surface area contributed by atoms with E-state index in [0.29, 0.717) is 31.7 Å². The maximum Gasteiger partial charge on any atom is 0.219 e. The van der Waals surface area contributed by atoms with Crippen molar-refractivity contribution in [2.24, 2.45) is 5.73 Å². The molecule has 0 aliphatic carbocycles. The Labute approximate surface area is 110 Å². The summed E-state index contributed by atoms with van der Waals surface area (Å²) in [4.78, 5) is 14.5. The molecule has 2 N–H and O–H groups in total. The van der Waals surface area contributed by atoms with Gasteiger partial charge in [0, 0.05) is 39.6 Å². The normalized spacial score (nSPS) is 15.8. The third kappa shape index (κ3) is 2.84. The Kier molecular flexibility index (Phi) is 3.99. The van der Waals surface area contributed by atoms with E-state index in [1.165, 1.54) is 19.1 Å². The van der Waals surface area contributed by atoms with Crippen LogP contribution in [-0.2, 0) is 11.3 Å². The van der Waals surface area contributed by atoms with Crippen LogP contribution >= 0.6 is 0 Å². The third-order valence-electron chi connectivity index (χ3n) is 3.35. The first-order chi connectivity index (χ1) is 9.02. The third-order valence-corrected chi connectivity index (χ3v) is 3.35. The fourth-order valence-electron chi connectivity index (χ4n) is 2.28.